The van der Waals surface area contributed by atoms with Crippen LogP contribution < -0.4 is 20.9 Å². The van der Waals surface area contributed by atoms with Crippen LogP contribution >= 0.6 is 9.24 Å². The van der Waals surface area contributed by atoms with Crippen LogP contribution in [-0.4, -0.2) is 52.0 Å². The van der Waals surface area contributed by atoms with Gasteiger partial charge in [0.2, 0.25) is 0 Å². The molecule has 0 saturated carbocycles. The topological polar surface area (TPSA) is 100 Å². The molecule has 1 atom stereocenters. The Balaban J connectivity index is 1.40. The molecule has 0 spiro atoms. The number of aromatic amines is 1. The Bertz CT molecular complexity index is 1190. The number of amides is 1. The molecule has 0 radical (unpaired) electrons. The van der Waals surface area contributed by atoms with Gasteiger partial charge in [-0.25, -0.2) is 9.97 Å². The summed E-state index contributed by atoms with van der Waals surface area (Å²) in [6.07, 6.45) is -0.162. The van der Waals surface area contributed by atoms with Gasteiger partial charge in [-0.15, -0.1) is 9.24 Å². The number of hydrogen-bond acceptors (Lipinski definition) is 6. The van der Waals surface area contributed by atoms with Crippen molar-refractivity contribution in [3.63, 3.8) is 0 Å². The Morgan fingerprint density at radius 2 is 2.10 bits per heavy atom. The number of rotatable bonds is 5. The van der Waals surface area contributed by atoms with E-state index in [4.69, 9.17) is 4.74 Å². The zero-order valence-electron chi connectivity index (χ0n) is 16.5. The highest BCUT2D eigenvalue weighted by Crippen LogP contribution is 2.23. The normalized spacial score (nSPS) is 14.5. The van der Waals surface area contributed by atoms with Crippen LogP contribution in [0.4, 0.5) is 4.39 Å². The molecule has 2 aromatic heterocycles. The summed E-state index contributed by atoms with van der Waals surface area (Å²) in [6.45, 7) is 3.60. The van der Waals surface area contributed by atoms with E-state index in [1.165, 1.54) is 19.2 Å². The highest BCUT2D eigenvalue weighted by atomic mass is 31.0. The average Bonchev–Trinajstić information content (AvgIpc) is 2.70. The molecular formula is C20H21FN5O3P. The van der Waals surface area contributed by atoms with Gasteiger partial charge in [-0.1, -0.05) is 6.07 Å². The van der Waals surface area contributed by atoms with E-state index in [2.05, 4.69) is 34.4 Å². The van der Waals surface area contributed by atoms with Crippen LogP contribution in [0.15, 0.2) is 29.1 Å². The number of pyridine rings is 1. The fourth-order valence-corrected chi connectivity index (χ4v) is 3.77. The van der Waals surface area contributed by atoms with Gasteiger partial charge in [0.15, 0.2) is 5.75 Å². The Hall–Kier alpha value is -2.90. The Kier molecular flexibility index (Phi) is 5.49. The predicted molar refractivity (Wildman–Crippen MR) is 114 cm³/mol. The largest absolute Gasteiger partial charge is 0.483 e. The Labute approximate surface area is 174 Å². The van der Waals surface area contributed by atoms with Crippen molar-refractivity contribution in [2.45, 2.75) is 19.6 Å². The second-order valence-electron chi connectivity index (χ2n) is 7.18. The van der Waals surface area contributed by atoms with Gasteiger partial charge in [0.1, 0.15) is 17.5 Å². The minimum Gasteiger partial charge on any atom is -0.483 e. The lowest BCUT2D eigenvalue weighted by Crippen LogP contribution is -2.53. The van der Waals surface area contributed by atoms with Crippen LogP contribution in [-0.2, 0) is 6.54 Å². The number of nitrogens with zero attached hydrogens (tertiary/aromatic N) is 3. The number of hydrogen-bond donors (Lipinski definition) is 2. The molecule has 156 valence electrons. The summed E-state index contributed by atoms with van der Waals surface area (Å²) >= 11 is 0. The molecule has 0 aliphatic carbocycles. The minimum atomic E-state index is -0.803. The zero-order valence-corrected chi connectivity index (χ0v) is 17.7. The van der Waals surface area contributed by atoms with Gasteiger partial charge in [0.25, 0.3) is 17.4 Å². The summed E-state index contributed by atoms with van der Waals surface area (Å²) in [5.41, 5.74) is 2.76. The third-order valence-corrected chi connectivity index (χ3v) is 5.71. The number of benzene rings is 1. The first-order chi connectivity index (χ1) is 14.4. The van der Waals surface area contributed by atoms with Crippen molar-refractivity contribution in [2.75, 3.05) is 20.1 Å². The first-order valence-corrected chi connectivity index (χ1v) is 9.99. The third kappa shape index (κ3) is 3.91. The lowest BCUT2D eigenvalue weighted by atomic mass is 10.1. The molecule has 1 aromatic carbocycles. The predicted octanol–water partition coefficient (Wildman–Crippen LogP) is 0.889. The number of nitrogens with one attached hydrogen (secondary N) is 2. The van der Waals surface area contributed by atoms with Crippen molar-refractivity contribution < 1.29 is 13.9 Å². The molecule has 30 heavy (non-hydrogen) atoms. The van der Waals surface area contributed by atoms with Crippen LogP contribution in [0.2, 0.25) is 0 Å². The maximum absolute atomic E-state index is 14.1. The van der Waals surface area contributed by atoms with Crippen molar-refractivity contribution in [1.82, 2.24) is 25.2 Å². The van der Waals surface area contributed by atoms with Gasteiger partial charge in [-0.3, -0.25) is 14.5 Å². The molecule has 1 amide bonds. The fraction of sp³-hybridized carbons (Fsp3) is 0.300. The monoisotopic (exact) mass is 429 g/mol. The van der Waals surface area contributed by atoms with E-state index in [-0.39, 0.29) is 23.1 Å². The number of carbonyl (C=O) groups excluding carboxylic acids is 1. The van der Waals surface area contributed by atoms with Crippen molar-refractivity contribution in [2.24, 2.45) is 0 Å². The van der Waals surface area contributed by atoms with Gasteiger partial charge in [0, 0.05) is 26.7 Å². The number of halogens is 1. The molecule has 1 unspecified atom stereocenters. The number of aryl methyl sites for hydroxylation is 1. The second kappa shape index (κ2) is 8.08. The summed E-state index contributed by atoms with van der Waals surface area (Å²) < 4.78 is 19.8. The molecule has 1 aliphatic heterocycles. The van der Waals surface area contributed by atoms with Crippen LogP contribution in [0, 0.1) is 12.9 Å². The van der Waals surface area contributed by atoms with Crippen LogP contribution in [0.5, 0.6) is 5.75 Å². The molecule has 4 rings (SSSR count). The van der Waals surface area contributed by atoms with Crippen molar-refractivity contribution in [1.29, 1.82) is 0 Å². The number of carbonyl (C=O) groups is 1. The zero-order chi connectivity index (χ0) is 21.4. The molecule has 0 bridgehead atoms. The number of H-pyrrole nitrogens is 1. The van der Waals surface area contributed by atoms with Gasteiger partial charge >= 0.3 is 0 Å². The molecule has 1 fully saturated rings. The van der Waals surface area contributed by atoms with E-state index >= 15 is 0 Å². The highest BCUT2D eigenvalue weighted by Gasteiger charge is 2.30. The minimum absolute atomic E-state index is 0.00425. The fourth-order valence-electron chi connectivity index (χ4n) is 3.36. The molecule has 3 heterocycles. The van der Waals surface area contributed by atoms with E-state index in [0.29, 0.717) is 30.8 Å². The van der Waals surface area contributed by atoms with E-state index in [0.717, 1.165) is 16.4 Å². The van der Waals surface area contributed by atoms with E-state index in [9.17, 15) is 14.0 Å². The number of aromatic nitrogens is 3. The van der Waals surface area contributed by atoms with E-state index < -0.39 is 11.9 Å². The maximum Gasteiger partial charge on any atom is 0.269 e. The molecule has 2 N–H and O–H groups in total. The third-order valence-electron chi connectivity index (χ3n) is 5.05. The molecule has 10 heteroatoms. The highest BCUT2D eigenvalue weighted by molar-refractivity contribution is 7.28. The summed E-state index contributed by atoms with van der Waals surface area (Å²) in [6, 6.07) is 6.74. The lowest BCUT2D eigenvalue weighted by Gasteiger charge is -2.39. The maximum atomic E-state index is 14.1. The number of likely N-dealkylation sites (tertiary alicyclic amines) is 1. The Morgan fingerprint density at radius 3 is 2.80 bits per heavy atom. The Morgan fingerprint density at radius 1 is 1.33 bits per heavy atom. The first kappa shape index (κ1) is 20.4. The van der Waals surface area contributed by atoms with Crippen molar-refractivity contribution >= 4 is 31.5 Å². The SMILES string of the molecule is CNC(=O)c1ccc(OC2CN(Cc3ccc4nc(C)c(=O)[nH]c4c3P)C2)c(F)n1. The summed E-state index contributed by atoms with van der Waals surface area (Å²) in [4.78, 5) is 36.4. The van der Waals surface area contributed by atoms with Gasteiger partial charge in [-0.2, -0.15) is 4.39 Å². The van der Waals surface area contributed by atoms with Crippen LogP contribution in [0.3, 0.4) is 0 Å². The van der Waals surface area contributed by atoms with Gasteiger partial charge < -0.3 is 15.0 Å². The summed E-state index contributed by atoms with van der Waals surface area (Å²) in [5.74, 6) is -1.22. The van der Waals surface area contributed by atoms with Crippen molar-refractivity contribution in [3.8, 4) is 5.75 Å². The summed E-state index contributed by atoms with van der Waals surface area (Å²) in [7, 11) is 4.14. The smallest absolute Gasteiger partial charge is 0.269 e. The average molecular weight is 429 g/mol. The van der Waals surface area contributed by atoms with Crippen LogP contribution in [0.1, 0.15) is 21.7 Å². The molecule has 3 aromatic rings. The number of fused-ring (bicyclic) bond motifs is 1. The van der Waals surface area contributed by atoms with Gasteiger partial charge in [0.05, 0.1) is 11.0 Å². The van der Waals surface area contributed by atoms with Crippen molar-refractivity contribution in [3.05, 3.63) is 57.5 Å². The molecule has 8 nitrogen and oxygen atoms in total. The number of ether oxygens (including phenoxy) is 1. The quantitative estimate of drug-likeness (QED) is 0.462. The standard InChI is InChI=1S/C20H21FN5O3P/c1-10-19(27)25-16-13(23-10)4-3-11(17(16)30)7-26-8-12(9-26)29-15-6-5-14(20(28)22-2)24-18(15)21/h3-6,12H,7-9,30H2,1-2H3,(H,22,28)(H,25,27). The van der Waals surface area contributed by atoms with E-state index in [1.807, 2.05) is 12.1 Å². The summed E-state index contributed by atoms with van der Waals surface area (Å²) in [5, 5.41) is 3.30. The van der Waals surface area contributed by atoms with Gasteiger partial charge in [-0.05, 0) is 36.0 Å². The second-order valence-corrected chi connectivity index (χ2v) is 7.76. The lowest BCUT2D eigenvalue weighted by molar-refractivity contribution is 0.0120. The van der Waals surface area contributed by atoms with E-state index in [1.54, 1.807) is 6.92 Å². The van der Waals surface area contributed by atoms with Crippen LogP contribution in [0.25, 0.3) is 11.0 Å². The molecule has 1 aliphatic rings. The molecule has 1 saturated heterocycles. The molecular weight excluding hydrogens is 408 g/mol. The first-order valence-electron chi connectivity index (χ1n) is 9.41.